The maximum absolute atomic E-state index is 13.4. The van der Waals surface area contributed by atoms with Crippen molar-refractivity contribution in [3.05, 3.63) is 42.0 Å². The quantitative estimate of drug-likeness (QED) is 0.337. The maximum atomic E-state index is 13.4. The van der Waals surface area contributed by atoms with Crippen molar-refractivity contribution in [2.24, 2.45) is 13.0 Å². The average Bonchev–Trinajstić information content (AvgIpc) is 3.47. The zero-order valence-electron chi connectivity index (χ0n) is 19.6. The Morgan fingerprint density at radius 3 is 2.53 bits per heavy atom. The number of nitrogens with zero attached hydrogens (tertiary/aromatic N) is 4. The SMILES string of the molecule is Cc1cn(C)c(-c2ccc(Nc3cc(NC(=O)C4CC4)nc4[nH]c(C(F)F)nc34)c(S(C)(=O)=O)c2)n1. The fraction of sp³-hybridized carbons (Fsp3) is 0.304. The van der Waals surface area contributed by atoms with Gasteiger partial charge in [-0.1, -0.05) is 0 Å². The number of carbonyl (C=O) groups excluding carboxylic acids is 1. The van der Waals surface area contributed by atoms with E-state index in [0.29, 0.717) is 11.4 Å². The largest absolute Gasteiger partial charge is 0.352 e. The molecule has 0 saturated heterocycles. The minimum atomic E-state index is -3.72. The molecule has 3 heterocycles. The van der Waals surface area contributed by atoms with Crippen molar-refractivity contribution < 1.29 is 22.0 Å². The lowest BCUT2D eigenvalue weighted by Crippen LogP contribution is -2.14. The van der Waals surface area contributed by atoms with Gasteiger partial charge >= 0.3 is 0 Å². The minimum Gasteiger partial charge on any atom is -0.352 e. The van der Waals surface area contributed by atoms with Gasteiger partial charge in [0.15, 0.2) is 21.3 Å². The highest BCUT2D eigenvalue weighted by Gasteiger charge is 2.30. The van der Waals surface area contributed by atoms with Gasteiger partial charge in [-0.05, 0) is 38.0 Å². The van der Waals surface area contributed by atoms with Crippen LogP contribution in [-0.4, -0.2) is 45.1 Å². The molecule has 1 amide bonds. The second-order valence-electron chi connectivity index (χ2n) is 8.86. The lowest BCUT2D eigenvalue weighted by Gasteiger charge is -2.14. The summed E-state index contributed by atoms with van der Waals surface area (Å²) < 4.78 is 53.9. The number of fused-ring (bicyclic) bond motifs is 1. The highest BCUT2D eigenvalue weighted by atomic mass is 32.2. The number of alkyl halides is 2. The minimum absolute atomic E-state index is 0.0150. The first-order chi connectivity index (χ1) is 17.0. The number of aromatic nitrogens is 5. The number of rotatable bonds is 7. The maximum Gasteiger partial charge on any atom is 0.295 e. The van der Waals surface area contributed by atoms with Gasteiger partial charge in [-0.2, -0.15) is 0 Å². The number of imidazole rings is 2. The smallest absolute Gasteiger partial charge is 0.295 e. The monoisotopic (exact) mass is 515 g/mol. The zero-order valence-corrected chi connectivity index (χ0v) is 20.4. The molecular weight excluding hydrogens is 492 g/mol. The van der Waals surface area contributed by atoms with Crippen LogP contribution in [0.1, 0.15) is 30.8 Å². The van der Waals surface area contributed by atoms with Gasteiger partial charge in [-0.3, -0.25) is 4.79 Å². The third-order valence-corrected chi connectivity index (χ3v) is 6.92. The average molecular weight is 516 g/mol. The predicted molar refractivity (Wildman–Crippen MR) is 130 cm³/mol. The van der Waals surface area contributed by atoms with Gasteiger partial charge in [0, 0.05) is 37.0 Å². The van der Waals surface area contributed by atoms with Crippen LogP contribution < -0.4 is 10.6 Å². The molecule has 0 radical (unpaired) electrons. The van der Waals surface area contributed by atoms with Gasteiger partial charge < -0.3 is 20.2 Å². The Kier molecular flexibility index (Phi) is 5.74. The van der Waals surface area contributed by atoms with Crippen LogP contribution in [-0.2, 0) is 21.7 Å². The number of H-pyrrole nitrogens is 1. The molecule has 1 aliphatic carbocycles. The van der Waals surface area contributed by atoms with Crippen molar-refractivity contribution in [1.82, 2.24) is 24.5 Å². The van der Waals surface area contributed by atoms with E-state index in [1.54, 1.807) is 16.7 Å². The molecule has 0 atom stereocenters. The van der Waals surface area contributed by atoms with Gasteiger partial charge in [0.25, 0.3) is 6.43 Å². The van der Waals surface area contributed by atoms with Crippen molar-refractivity contribution in [2.75, 3.05) is 16.9 Å². The number of halogens is 2. The molecule has 10 nitrogen and oxygen atoms in total. The van der Waals surface area contributed by atoms with Gasteiger partial charge in [0.2, 0.25) is 5.91 Å². The number of hydrogen-bond donors (Lipinski definition) is 3. The molecule has 3 aromatic heterocycles. The van der Waals surface area contributed by atoms with Crippen molar-refractivity contribution in [3.8, 4) is 11.4 Å². The zero-order chi connectivity index (χ0) is 25.8. The number of aryl methyl sites for hydroxylation is 2. The number of pyridine rings is 1. The van der Waals surface area contributed by atoms with E-state index in [2.05, 4.69) is 30.6 Å². The molecule has 0 spiro atoms. The number of benzene rings is 1. The number of anilines is 3. The number of amides is 1. The van der Waals surface area contributed by atoms with Crippen molar-refractivity contribution in [3.63, 3.8) is 0 Å². The van der Waals surface area contributed by atoms with Crippen LogP contribution >= 0.6 is 0 Å². The van der Waals surface area contributed by atoms with E-state index in [-0.39, 0.29) is 45.1 Å². The third-order valence-electron chi connectivity index (χ3n) is 5.78. The summed E-state index contributed by atoms with van der Waals surface area (Å²) in [4.78, 5) is 27.3. The van der Waals surface area contributed by atoms with Crippen LogP contribution in [0.25, 0.3) is 22.6 Å². The third kappa shape index (κ3) is 4.65. The summed E-state index contributed by atoms with van der Waals surface area (Å²) in [6.07, 6.45) is 1.58. The molecule has 5 rings (SSSR count). The Hall–Kier alpha value is -3.87. The fourth-order valence-electron chi connectivity index (χ4n) is 3.95. The van der Waals surface area contributed by atoms with E-state index in [4.69, 9.17) is 0 Å². The normalized spacial score (nSPS) is 13.9. The highest BCUT2D eigenvalue weighted by molar-refractivity contribution is 7.90. The van der Waals surface area contributed by atoms with E-state index in [9.17, 15) is 22.0 Å². The first-order valence-electron chi connectivity index (χ1n) is 11.1. The topological polar surface area (TPSA) is 135 Å². The first kappa shape index (κ1) is 23.9. The Morgan fingerprint density at radius 1 is 1.17 bits per heavy atom. The summed E-state index contributed by atoms with van der Waals surface area (Å²) >= 11 is 0. The lowest BCUT2D eigenvalue weighted by atomic mass is 10.2. The van der Waals surface area contributed by atoms with Gasteiger partial charge in [-0.15, -0.1) is 0 Å². The highest BCUT2D eigenvalue weighted by Crippen LogP contribution is 2.35. The molecule has 188 valence electrons. The fourth-order valence-corrected chi connectivity index (χ4v) is 4.81. The Balaban J connectivity index is 1.60. The van der Waals surface area contributed by atoms with Gasteiger partial charge in [0.1, 0.15) is 17.2 Å². The van der Waals surface area contributed by atoms with E-state index >= 15 is 0 Å². The predicted octanol–water partition coefficient (Wildman–Crippen LogP) is 4.10. The number of carbonyl (C=O) groups is 1. The lowest BCUT2D eigenvalue weighted by molar-refractivity contribution is -0.117. The van der Waals surface area contributed by atoms with Crippen LogP contribution in [0.15, 0.2) is 35.4 Å². The van der Waals surface area contributed by atoms with Gasteiger partial charge in [-0.25, -0.2) is 32.2 Å². The molecule has 1 saturated carbocycles. The van der Waals surface area contributed by atoms with Crippen molar-refractivity contribution >= 4 is 44.1 Å². The molecule has 1 aromatic carbocycles. The van der Waals surface area contributed by atoms with Crippen LogP contribution in [0, 0.1) is 12.8 Å². The molecule has 4 aromatic rings. The summed E-state index contributed by atoms with van der Waals surface area (Å²) in [7, 11) is -1.91. The molecule has 36 heavy (non-hydrogen) atoms. The Labute approximate surface area is 205 Å². The van der Waals surface area contributed by atoms with Crippen LogP contribution in [0.3, 0.4) is 0 Å². The van der Waals surface area contributed by atoms with E-state index in [1.165, 1.54) is 12.1 Å². The van der Waals surface area contributed by atoms with Gasteiger partial charge in [0.05, 0.1) is 22.0 Å². The summed E-state index contributed by atoms with van der Waals surface area (Å²) in [5, 5.41) is 5.70. The van der Waals surface area contributed by atoms with Crippen LogP contribution in [0.4, 0.5) is 26.0 Å². The Morgan fingerprint density at radius 2 is 1.92 bits per heavy atom. The number of nitrogens with one attached hydrogen (secondary N) is 3. The molecule has 3 N–H and O–H groups in total. The van der Waals surface area contributed by atoms with Crippen LogP contribution in [0.5, 0.6) is 0 Å². The summed E-state index contributed by atoms with van der Waals surface area (Å²) in [5.41, 5.74) is 1.90. The summed E-state index contributed by atoms with van der Waals surface area (Å²) in [6.45, 7) is 1.84. The molecular formula is C23H23F2N7O3S. The van der Waals surface area contributed by atoms with Crippen LogP contribution in [0.2, 0.25) is 0 Å². The molecule has 13 heteroatoms. The molecule has 0 aliphatic heterocycles. The second-order valence-corrected chi connectivity index (χ2v) is 10.8. The van der Waals surface area contributed by atoms with Crippen molar-refractivity contribution in [2.45, 2.75) is 31.1 Å². The number of hydrogen-bond acceptors (Lipinski definition) is 7. The van der Waals surface area contributed by atoms with E-state index < -0.39 is 22.1 Å². The second kappa shape index (κ2) is 8.66. The Bertz CT molecular complexity index is 1610. The molecule has 1 aliphatic rings. The molecule has 0 bridgehead atoms. The first-order valence-corrected chi connectivity index (χ1v) is 13.0. The molecule has 0 unspecified atom stereocenters. The molecule has 1 fully saturated rings. The number of sulfone groups is 1. The van der Waals surface area contributed by atoms with E-state index in [0.717, 1.165) is 24.8 Å². The summed E-state index contributed by atoms with van der Waals surface area (Å²) in [5.74, 6) is -0.180. The van der Waals surface area contributed by atoms with E-state index in [1.807, 2.05) is 20.2 Å². The summed E-state index contributed by atoms with van der Waals surface area (Å²) in [6, 6.07) is 6.23. The van der Waals surface area contributed by atoms with Crippen molar-refractivity contribution in [1.29, 1.82) is 0 Å². The standard InChI is InChI=1S/C23H23F2N7O3S/c1-11-10-32(2)22(26-11)13-6-7-14(16(8-13)36(3,34)35)27-15-9-17(29-23(33)12-4-5-12)28-20-18(15)30-21(31-20)19(24)25/h6-10,12,19H,4-5H2,1-3H3,(H3,27,28,29,30,31,33). The number of aromatic amines is 1.